The van der Waals surface area contributed by atoms with Gasteiger partial charge in [0.05, 0.1) is 5.60 Å². The first kappa shape index (κ1) is 12.2. The van der Waals surface area contributed by atoms with Gasteiger partial charge >= 0.3 is 0 Å². The van der Waals surface area contributed by atoms with Crippen molar-refractivity contribution in [1.82, 2.24) is 4.90 Å². The first-order valence-electron chi connectivity index (χ1n) is 6.88. The highest BCUT2D eigenvalue weighted by atomic mass is 16.3. The molecule has 0 spiro atoms. The maximum Gasteiger partial charge on any atom is 0.0644 e. The minimum Gasteiger partial charge on any atom is -0.390 e. The van der Waals surface area contributed by atoms with Gasteiger partial charge in [-0.15, -0.1) is 0 Å². The van der Waals surface area contributed by atoms with Crippen LogP contribution < -0.4 is 5.73 Å². The van der Waals surface area contributed by atoms with Crippen molar-refractivity contribution in [3.8, 4) is 0 Å². The lowest BCUT2D eigenvalue weighted by molar-refractivity contribution is -0.0172. The molecule has 1 aliphatic heterocycles. The average molecular weight is 246 g/mol. The summed E-state index contributed by atoms with van der Waals surface area (Å²) in [5.41, 5.74) is 8.45. The SMILES string of the molecule is CC1(O)CCN(C2CC(N)c3ccccc32)CC1. The Bertz CT molecular complexity index is 434. The quantitative estimate of drug-likeness (QED) is 0.796. The van der Waals surface area contributed by atoms with Crippen molar-refractivity contribution in [2.45, 2.75) is 43.9 Å². The van der Waals surface area contributed by atoms with E-state index in [0.717, 1.165) is 32.4 Å². The zero-order chi connectivity index (χ0) is 12.8. The van der Waals surface area contributed by atoms with Crippen molar-refractivity contribution in [2.75, 3.05) is 13.1 Å². The van der Waals surface area contributed by atoms with Gasteiger partial charge in [0.15, 0.2) is 0 Å². The Labute approximate surface area is 109 Å². The summed E-state index contributed by atoms with van der Waals surface area (Å²) in [6.07, 6.45) is 2.74. The molecular weight excluding hydrogens is 224 g/mol. The Morgan fingerprint density at radius 1 is 1.22 bits per heavy atom. The number of hydrogen-bond acceptors (Lipinski definition) is 3. The molecule has 3 N–H and O–H groups in total. The molecule has 0 amide bonds. The molecule has 3 nitrogen and oxygen atoms in total. The number of likely N-dealkylation sites (tertiary alicyclic amines) is 1. The van der Waals surface area contributed by atoms with E-state index in [-0.39, 0.29) is 6.04 Å². The average Bonchev–Trinajstić information content (AvgIpc) is 2.68. The Morgan fingerprint density at radius 2 is 1.83 bits per heavy atom. The molecule has 1 aromatic rings. The standard InChI is InChI=1S/C15H22N2O/c1-15(18)6-8-17(9-7-15)14-10-13(16)11-4-2-3-5-12(11)14/h2-5,13-14,18H,6-10,16H2,1H3. The van der Waals surface area contributed by atoms with Crippen LogP contribution in [0.3, 0.4) is 0 Å². The molecule has 1 aromatic carbocycles. The van der Waals surface area contributed by atoms with Crippen LogP contribution in [0, 0.1) is 0 Å². The summed E-state index contributed by atoms with van der Waals surface area (Å²) in [6.45, 7) is 3.89. The molecule has 1 aliphatic carbocycles. The fourth-order valence-electron chi connectivity index (χ4n) is 3.31. The minimum absolute atomic E-state index is 0.175. The van der Waals surface area contributed by atoms with E-state index in [9.17, 15) is 5.11 Å². The molecule has 0 radical (unpaired) electrons. The van der Waals surface area contributed by atoms with Crippen LogP contribution >= 0.6 is 0 Å². The van der Waals surface area contributed by atoms with Gasteiger partial charge in [-0.1, -0.05) is 24.3 Å². The lowest BCUT2D eigenvalue weighted by Crippen LogP contribution is -2.43. The normalized spacial score (nSPS) is 31.3. The van der Waals surface area contributed by atoms with Crippen LogP contribution in [0.5, 0.6) is 0 Å². The predicted octanol–water partition coefficient (Wildman–Crippen LogP) is 1.98. The van der Waals surface area contributed by atoms with E-state index in [4.69, 9.17) is 5.73 Å². The molecule has 2 unspecified atom stereocenters. The van der Waals surface area contributed by atoms with Crippen LogP contribution in [0.1, 0.15) is 49.4 Å². The molecule has 2 aliphatic rings. The molecule has 2 atom stereocenters. The first-order chi connectivity index (χ1) is 8.57. The van der Waals surface area contributed by atoms with Gasteiger partial charge in [0, 0.05) is 25.2 Å². The van der Waals surface area contributed by atoms with Gasteiger partial charge < -0.3 is 10.8 Å². The van der Waals surface area contributed by atoms with Crippen LogP contribution in [0.25, 0.3) is 0 Å². The van der Waals surface area contributed by atoms with Crippen molar-refractivity contribution in [3.05, 3.63) is 35.4 Å². The van der Waals surface area contributed by atoms with E-state index in [1.54, 1.807) is 0 Å². The summed E-state index contributed by atoms with van der Waals surface area (Å²) in [6, 6.07) is 9.16. The van der Waals surface area contributed by atoms with E-state index >= 15 is 0 Å². The molecule has 98 valence electrons. The summed E-state index contributed by atoms with van der Waals surface area (Å²) in [4.78, 5) is 2.49. The summed E-state index contributed by atoms with van der Waals surface area (Å²) >= 11 is 0. The lowest BCUT2D eigenvalue weighted by atomic mass is 9.92. The Kier molecular flexibility index (Phi) is 2.93. The Balaban J connectivity index is 1.79. The third-order valence-electron chi connectivity index (χ3n) is 4.55. The molecule has 18 heavy (non-hydrogen) atoms. The lowest BCUT2D eigenvalue weighted by Gasteiger charge is -2.39. The maximum absolute atomic E-state index is 10.0. The fourth-order valence-corrected chi connectivity index (χ4v) is 3.31. The van der Waals surface area contributed by atoms with Crippen molar-refractivity contribution >= 4 is 0 Å². The summed E-state index contributed by atoms with van der Waals surface area (Å²) < 4.78 is 0. The second kappa shape index (κ2) is 4.34. The predicted molar refractivity (Wildman–Crippen MR) is 72.2 cm³/mol. The summed E-state index contributed by atoms with van der Waals surface area (Å²) in [7, 11) is 0. The van der Waals surface area contributed by atoms with Crippen molar-refractivity contribution in [3.63, 3.8) is 0 Å². The zero-order valence-corrected chi connectivity index (χ0v) is 11.0. The number of hydrogen-bond donors (Lipinski definition) is 2. The first-order valence-corrected chi connectivity index (χ1v) is 6.88. The van der Waals surface area contributed by atoms with E-state index in [1.165, 1.54) is 11.1 Å². The van der Waals surface area contributed by atoms with Crippen molar-refractivity contribution in [2.24, 2.45) is 5.73 Å². The van der Waals surface area contributed by atoms with E-state index < -0.39 is 5.60 Å². The molecule has 3 rings (SSSR count). The molecule has 3 heteroatoms. The molecule has 1 heterocycles. The topological polar surface area (TPSA) is 49.5 Å². The number of piperidine rings is 1. The van der Waals surface area contributed by atoms with E-state index in [1.807, 2.05) is 6.92 Å². The Hall–Kier alpha value is -0.900. The van der Waals surface area contributed by atoms with Crippen molar-refractivity contribution < 1.29 is 5.11 Å². The molecule has 0 aromatic heterocycles. The summed E-state index contributed by atoms with van der Waals surface area (Å²) in [5.74, 6) is 0. The van der Waals surface area contributed by atoms with Gasteiger partial charge in [0.25, 0.3) is 0 Å². The number of nitrogens with two attached hydrogens (primary N) is 1. The van der Waals surface area contributed by atoms with Crippen LogP contribution in [0.2, 0.25) is 0 Å². The number of nitrogens with zero attached hydrogens (tertiary/aromatic N) is 1. The largest absolute Gasteiger partial charge is 0.390 e. The van der Waals surface area contributed by atoms with Gasteiger partial charge in [-0.05, 0) is 37.3 Å². The van der Waals surface area contributed by atoms with E-state index in [2.05, 4.69) is 29.2 Å². The highest BCUT2D eigenvalue weighted by molar-refractivity contribution is 5.37. The van der Waals surface area contributed by atoms with Crippen LogP contribution in [0.4, 0.5) is 0 Å². The number of benzene rings is 1. The van der Waals surface area contributed by atoms with Gasteiger partial charge in [-0.25, -0.2) is 0 Å². The number of rotatable bonds is 1. The van der Waals surface area contributed by atoms with E-state index in [0.29, 0.717) is 6.04 Å². The zero-order valence-electron chi connectivity index (χ0n) is 11.0. The highest BCUT2D eigenvalue weighted by Crippen LogP contribution is 2.42. The second-order valence-electron chi connectivity index (χ2n) is 6.02. The van der Waals surface area contributed by atoms with Crippen molar-refractivity contribution in [1.29, 1.82) is 0 Å². The molecule has 0 saturated carbocycles. The molecular formula is C15H22N2O. The third kappa shape index (κ3) is 2.07. The van der Waals surface area contributed by atoms with Gasteiger partial charge in [0.1, 0.15) is 0 Å². The summed E-state index contributed by atoms with van der Waals surface area (Å²) in [5, 5.41) is 10.0. The maximum atomic E-state index is 10.0. The minimum atomic E-state index is -0.475. The fraction of sp³-hybridized carbons (Fsp3) is 0.600. The van der Waals surface area contributed by atoms with Gasteiger partial charge in [-0.2, -0.15) is 0 Å². The Morgan fingerprint density at radius 3 is 2.50 bits per heavy atom. The van der Waals surface area contributed by atoms with Crippen LogP contribution in [-0.2, 0) is 0 Å². The molecule has 1 fully saturated rings. The van der Waals surface area contributed by atoms with Gasteiger partial charge in [0.2, 0.25) is 0 Å². The number of aliphatic hydroxyl groups is 1. The van der Waals surface area contributed by atoms with Gasteiger partial charge in [-0.3, -0.25) is 4.90 Å². The highest BCUT2D eigenvalue weighted by Gasteiger charge is 2.36. The smallest absolute Gasteiger partial charge is 0.0644 e. The molecule has 0 bridgehead atoms. The monoisotopic (exact) mass is 246 g/mol. The van der Waals surface area contributed by atoms with Crippen LogP contribution in [-0.4, -0.2) is 28.7 Å². The third-order valence-corrected chi connectivity index (χ3v) is 4.55. The number of fused-ring (bicyclic) bond motifs is 1. The second-order valence-corrected chi connectivity index (χ2v) is 6.02. The molecule has 1 saturated heterocycles. The van der Waals surface area contributed by atoms with Crippen LogP contribution in [0.15, 0.2) is 24.3 Å².